The van der Waals surface area contributed by atoms with Crippen LogP contribution >= 0.6 is 0 Å². The predicted molar refractivity (Wildman–Crippen MR) is 75.8 cm³/mol. The summed E-state index contributed by atoms with van der Waals surface area (Å²) >= 11 is 0. The molecular formula is C15H22N3O3. The molecule has 115 valence electrons. The summed E-state index contributed by atoms with van der Waals surface area (Å²) < 4.78 is 0. The third-order valence-corrected chi connectivity index (χ3v) is 4.68. The van der Waals surface area contributed by atoms with Crippen LogP contribution in [0.15, 0.2) is 0 Å². The number of hydrogen-bond acceptors (Lipinski definition) is 3. The largest absolute Gasteiger partial charge is 0.356 e. The molecule has 3 aliphatic rings. The zero-order chi connectivity index (χ0) is 14.8. The molecule has 2 atom stereocenters. The van der Waals surface area contributed by atoms with Crippen molar-refractivity contribution in [2.24, 2.45) is 0 Å². The van der Waals surface area contributed by atoms with Crippen molar-refractivity contribution in [3.05, 3.63) is 6.54 Å². The van der Waals surface area contributed by atoms with E-state index in [-0.39, 0.29) is 29.8 Å². The van der Waals surface area contributed by atoms with Gasteiger partial charge in [0, 0.05) is 38.4 Å². The van der Waals surface area contributed by atoms with E-state index in [0.717, 1.165) is 25.7 Å². The van der Waals surface area contributed by atoms with Gasteiger partial charge in [0.05, 0.1) is 12.6 Å². The molecule has 3 aliphatic heterocycles. The minimum Gasteiger partial charge on any atom is -0.356 e. The first-order chi connectivity index (χ1) is 10.1. The summed E-state index contributed by atoms with van der Waals surface area (Å²) in [5.74, 6) is 0.305. The van der Waals surface area contributed by atoms with E-state index in [1.54, 1.807) is 0 Å². The van der Waals surface area contributed by atoms with Crippen LogP contribution in [-0.2, 0) is 14.4 Å². The number of hydrogen-bond donors (Lipinski definition) is 1. The van der Waals surface area contributed by atoms with Gasteiger partial charge in [0.25, 0.3) is 0 Å². The van der Waals surface area contributed by atoms with Gasteiger partial charge in [-0.2, -0.15) is 0 Å². The first-order valence-corrected chi connectivity index (χ1v) is 7.86. The summed E-state index contributed by atoms with van der Waals surface area (Å²) in [5, 5.41) is 2.80. The quantitative estimate of drug-likeness (QED) is 0.802. The molecule has 0 bridgehead atoms. The number of nitrogens with zero attached hydrogens (tertiary/aromatic N) is 2. The lowest BCUT2D eigenvalue weighted by Crippen LogP contribution is -2.56. The number of likely N-dealkylation sites (tertiary alicyclic amines) is 2. The van der Waals surface area contributed by atoms with Gasteiger partial charge in [-0.25, -0.2) is 0 Å². The lowest BCUT2D eigenvalue weighted by Gasteiger charge is -2.44. The number of carbonyl (C=O) groups is 3. The molecule has 21 heavy (non-hydrogen) atoms. The van der Waals surface area contributed by atoms with Gasteiger partial charge >= 0.3 is 0 Å². The topological polar surface area (TPSA) is 69.7 Å². The normalized spacial score (nSPS) is 31.3. The van der Waals surface area contributed by atoms with Gasteiger partial charge in [0.2, 0.25) is 17.7 Å². The Labute approximate surface area is 124 Å². The second-order valence-corrected chi connectivity index (χ2v) is 6.11. The van der Waals surface area contributed by atoms with Crippen molar-refractivity contribution in [1.29, 1.82) is 0 Å². The van der Waals surface area contributed by atoms with Gasteiger partial charge in [-0.1, -0.05) is 0 Å². The summed E-state index contributed by atoms with van der Waals surface area (Å²) in [5.41, 5.74) is 0. The molecule has 3 heterocycles. The Morgan fingerprint density at radius 3 is 2.67 bits per heavy atom. The highest BCUT2D eigenvalue weighted by Gasteiger charge is 2.37. The Hall–Kier alpha value is -1.59. The average Bonchev–Trinajstić information content (AvgIpc) is 2.48. The molecule has 2 unspecified atom stereocenters. The minimum atomic E-state index is -0.00561. The monoisotopic (exact) mass is 292 g/mol. The zero-order valence-electron chi connectivity index (χ0n) is 12.2. The third kappa shape index (κ3) is 3.04. The van der Waals surface area contributed by atoms with Crippen LogP contribution in [0.4, 0.5) is 0 Å². The maximum atomic E-state index is 12.2. The van der Waals surface area contributed by atoms with E-state index >= 15 is 0 Å². The lowest BCUT2D eigenvalue weighted by molar-refractivity contribution is -0.145. The van der Waals surface area contributed by atoms with Crippen molar-refractivity contribution < 1.29 is 14.4 Å². The van der Waals surface area contributed by atoms with E-state index in [2.05, 4.69) is 5.32 Å². The molecule has 0 aromatic carbocycles. The van der Waals surface area contributed by atoms with E-state index in [4.69, 9.17) is 0 Å². The number of nitrogens with one attached hydrogen (secondary N) is 1. The van der Waals surface area contributed by atoms with Crippen LogP contribution in [-0.4, -0.2) is 52.7 Å². The minimum absolute atomic E-state index is 0.00561. The van der Waals surface area contributed by atoms with Crippen molar-refractivity contribution in [1.82, 2.24) is 15.1 Å². The van der Waals surface area contributed by atoms with E-state index in [1.165, 1.54) is 0 Å². The Morgan fingerprint density at radius 2 is 1.90 bits per heavy atom. The lowest BCUT2D eigenvalue weighted by atomic mass is 9.95. The number of rotatable bonds is 2. The molecule has 3 amide bonds. The van der Waals surface area contributed by atoms with Crippen molar-refractivity contribution in [3.8, 4) is 0 Å². The third-order valence-electron chi connectivity index (χ3n) is 4.68. The van der Waals surface area contributed by atoms with Crippen LogP contribution in [0.1, 0.15) is 44.9 Å². The van der Waals surface area contributed by atoms with Gasteiger partial charge in [-0.15, -0.1) is 0 Å². The van der Waals surface area contributed by atoms with E-state index in [1.807, 2.05) is 16.3 Å². The fraction of sp³-hybridized carbons (Fsp3) is 0.733. The van der Waals surface area contributed by atoms with E-state index < -0.39 is 0 Å². The van der Waals surface area contributed by atoms with Crippen LogP contribution in [0.5, 0.6) is 0 Å². The Balaban J connectivity index is 1.67. The fourth-order valence-corrected chi connectivity index (χ4v) is 3.53. The number of carbonyl (C=O) groups excluding carboxylic acids is 3. The molecule has 0 saturated carbocycles. The molecule has 6 heteroatoms. The zero-order valence-corrected chi connectivity index (χ0v) is 12.2. The molecule has 3 rings (SSSR count). The van der Waals surface area contributed by atoms with Crippen molar-refractivity contribution >= 4 is 17.7 Å². The molecule has 1 N–H and O–H groups in total. The summed E-state index contributed by atoms with van der Waals surface area (Å²) in [6.45, 7) is 3.18. The Morgan fingerprint density at radius 1 is 1.05 bits per heavy atom. The van der Waals surface area contributed by atoms with Crippen LogP contribution < -0.4 is 5.32 Å². The average molecular weight is 292 g/mol. The summed E-state index contributed by atoms with van der Waals surface area (Å²) in [4.78, 5) is 39.4. The van der Waals surface area contributed by atoms with Gasteiger partial charge in [0.15, 0.2) is 0 Å². The first kappa shape index (κ1) is 14.4. The molecular weight excluding hydrogens is 270 g/mol. The van der Waals surface area contributed by atoms with Crippen LogP contribution in [0, 0.1) is 6.54 Å². The van der Waals surface area contributed by atoms with Crippen molar-refractivity contribution in [2.45, 2.75) is 57.0 Å². The first-order valence-electron chi connectivity index (χ1n) is 7.86. The highest BCUT2D eigenvalue weighted by molar-refractivity contribution is 5.82. The molecule has 0 spiro atoms. The van der Waals surface area contributed by atoms with Crippen molar-refractivity contribution in [2.75, 3.05) is 13.1 Å². The fourth-order valence-electron chi connectivity index (χ4n) is 3.53. The highest BCUT2D eigenvalue weighted by atomic mass is 16.2. The van der Waals surface area contributed by atoms with Crippen LogP contribution in [0.3, 0.4) is 0 Å². The SMILES string of the molecule is O=C1CC(N2CC(N3[CH]CCCC3=O)CCC2=O)CCN1. The number of amides is 3. The van der Waals surface area contributed by atoms with Crippen LogP contribution in [0.25, 0.3) is 0 Å². The molecule has 0 aromatic rings. The second-order valence-electron chi connectivity index (χ2n) is 6.11. The summed E-state index contributed by atoms with van der Waals surface area (Å²) in [6.07, 6.45) is 4.86. The molecule has 1 radical (unpaired) electrons. The van der Waals surface area contributed by atoms with Gasteiger partial charge < -0.3 is 15.1 Å². The van der Waals surface area contributed by atoms with E-state index in [9.17, 15) is 14.4 Å². The molecule has 6 nitrogen and oxygen atoms in total. The smallest absolute Gasteiger partial charge is 0.223 e. The Bertz CT molecular complexity index is 451. The van der Waals surface area contributed by atoms with Crippen LogP contribution in [0.2, 0.25) is 0 Å². The molecule has 0 aliphatic carbocycles. The van der Waals surface area contributed by atoms with Gasteiger partial charge in [-0.05, 0) is 25.7 Å². The highest BCUT2D eigenvalue weighted by Crippen LogP contribution is 2.26. The molecule has 0 aromatic heterocycles. The molecule has 3 fully saturated rings. The van der Waals surface area contributed by atoms with Gasteiger partial charge in [-0.3, -0.25) is 14.4 Å². The maximum Gasteiger partial charge on any atom is 0.223 e. The standard InChI is InChI=1S/C15H22N3O3/c19-13-9-11(6-7-16-13)18-10-12(4-5-15(18)21)17-8-2-1-3-14(17)20/h8,11-12H,1-7,9-10H2,(H,16,19). The predicted octanol–water partition coefficient (Wildman–Crippen LogP) is 0.430. The van der Waals surface area contributed by atoms with Gasteiger partial charge in [0.1, 0.15) is 0 Å². The summed E-state index contributed by atoms with van der Waals surface area (Å²) in [6, 6.07) is 0.0782. The summed E-state index contributed by atoms with van der Waals surface area (Å²) in [7, 11) is 0. The number of piperidine rings is 3. The Kier molecular flexibility index (Phi) is 4.12. The van der Waals surface area contributed by atoms with Crippen molar-refractivity contribution in [3.63, 3.8) is 0 Å². The second kappa shape index (κ2) is 6.03. The van der Waals surface area contributed by atoms with E-state index in [0.29, 0.717) is 32.4 Å². The maximum absolute atomic E-state index is 12.2. The molecule has 3 saturated heterocycles.